The molecule has 1 unspecified atom stereocenters. The van der Waals surface area contributed by atoms with Crippen LogP contribution in [0.1, 0.15) is 44.9 Å². The van der Waals surface area contributed by atoms with Crippen molar-refractivity contribution >= 4 is 5.97 Å². The average Bonchev–Trinajstić information content (AvgIpc) is 2.28. The van der Waals surface area contributed by atoms with Gasteiger partial charge in [-0.1, -0.05) is 19.3 Å². The summed E-state index contributed by atoms with van der Waals surface area (Å²) in [6.45, 7) is 1.48. The summed E-state index contributed by atoms with van der Waals surface area (Å²) in [4.78, 5) is 10.3. The monoisotopic (exact) mass is 229 g/mol. The molecule has 1 fully saturated rings. The van der Waals surface area contributed by atoms with Crippen molar-refractivity contribution in [1.29, 1.82) is 0 Å². The Kier molecular flexibility index (Phi) is 6.42. The number of carboxylic acid groups (broad SMARTS) is 1. The summed E-state index contributed by atoms with van der Waals surface area (Å²) < 4.78 is 0. The summed E-state index contributed by atoms with van der Waals surface area (Å²) in [7, 11) is 0. The van der Waals surface area contributed by atoms with E-state index >= 15 is 0 Å². The summed E-state index contributed by atoms with van der Waals surface area (Å²) in [5, 5.41) is 21.2. The highest BCUT2D eigenvalue weighted by Gasteiger charge is 2.13. The molecule has 0 spiro atoms. The Hall–Kier alpha value is -0.610. The highest BCUT2D eigenvalue weighted by Crippen LogP contribution is 2.22. The fourth-order valence-corrected chi connectivity index (χ4v) is 2.24. The van der Waals surface area contributed by atoms with Gasteiger partial charge in [-0.15, -0.1) is 0 Å². The lowest BCUT2D eigenvalue weighted by Crippen LogP contribution is -2.32. The largest absolute Gasteiger partial charge is 0.481 e. The molecule has 0 heterocycles. The fraction of sp³-hybridized carbons (Fsp3) is 0.917. The quantitative estimate of drug-likeness (QED) is 0.617. The van der Waals surface area contributed by atoms with E-state index in [1.165, 1.54) is 32.1 Å². The molecule has 4 heteroatoms. The topological polar surface area (TPSA) is 69.6 Å². The molecule has 0 aromatic carbocycles. The molecule has 4 nitrogen and oxygen atoms in total. The van der Waals surface area contributed by atoms with Crippen molar-refractivity contribution in [3.05, 3.63) is 0 Å². The maximum atomic E-state index is 10.3. The number of aliphatic carboxylic acids is 1. The Morgan fingerprint density at radius 2 is 2.00 bits per heavy atom. The van der Waals surface area contributed by atoms with Gasteiger partial charge in [0.2, 0.25) is 0 Å². The predicted octanol–water partition coefficient (Wildman–Crippen LogP) is 1.38. The van der Waals surface area contributed by atoms with Gasteiger partial charge in [-0.3, -0.25) is 4.79 Å². The van der Waals surface area contributed by atoms with Gasteiger partial charge in [-0.25, -0.2) is 0 Å². The number of rotatable bonds is 7. The van der Waals surface area contributed by atoms with Crippen molar-refractivity contribution in [1.82, 2.24) is 5.32 Å². The number of carboxylic acids is 1. The molecule has 0 aromatic heterocycles. The molecule has 1 aliphatic carbocycles. The minimum atomic E-state index is -0.841. The average molecular weight is 229 g/mol. The molecular formula is C12H23NO3. The molecule has 0 aromatic rings. The van der Waals surface area contributed by atoms with Gasteiger partial charge in [-0.2, -0.15) is 0 Å². The van der Waals surface area contributed by atoms with Gasteiger partial charge in [0.1, 0.15) is 0 Å². The third-order valence-electron chi connectivity index (χ3n) is 3.23. The van der Waals surface area contributed by atoms with Gasteiger partial charge in [0.25, 0.3) is 0 Å². The van der Waals surface area contributed by atoms with Crippen LogP contribution in [-0.2, 0) is 4.79 Å². The van der Waals surface area contributed by atoms with Gasteiger partial charge in [-0.05, 0) is 31.7 Å². The minimum Gasteiger partial charge on any atom is -0.481 e. The number of hydrogen-bond donors (Lipinski definition) is 3. The van der Waals surface area contributed by atoms with Crippen LogP contribution >= 0.6 is 0 Å². The molecule has 0 aliphatic heterocycles. The van der Waals surface area contributed by atoms with Crippen LogP contribution in [-0.4, -0.2) is 35.4 Å². The maximum Gasteiger partial charge on any atom is 0.303 e. The number of hydrogen-bond acceptors (Lipinski definition) is 3. The highest BCUT2D eigenvalue weighted by molar-refractivity contribution is 5.66. The molecule has 16 heavy (non-hydrogen) atoms. The lowest BCUT2D eigenvalue weighted by molar-refractivity contribution is -0.137. The SMILES string of the molecule is O=C(O)CCC(O)CNCC1CCCCC1. The van der Waals surface area contributed by atoms with Crippen molar-refractivity contribution in [2.24, 2.45) is 5.92 Å². The zero-order chi connectivity index (χ0) is 11.8. The van der Waals surface area contributed by atoms with E-state index in [1.807, 2.05) is 0 Å². The van der Waals surface area contributed by atoms with Gasteiger partial charge in [0, 0.05) is 13.0 Å². The first-order chi connectivity index (χ1) is 7.68. The second-order valence-corrected chi connectivity index (χ2v) is 4.75. The first-order valence-electron chi connectivity index (χ1n) is 6.29. The smallest absolute Gasteiger partial charge is 0.303 e. The number of nitrogens with one attached hydrogen (secondary N) is 1. The van der Waals surface area contributed by atoms with Crippen molar-refractivity contribution < 1.29 is 15.0 Å². The van der Waals surface area contributed by atoms with Gasteiger partial charge >= 0.3 is 5.97 Å². The van der Waals surface area contributed by atoms with Crippen LogP contribution in [0.25, 0.3) is 0 Å². The zero-order valence-electron chi connectivity index (χ0n) is 9.82. The van der Waals surface area contributed by atoms with Gasteiger partial charge in [0.05, 0.1) is 6.10 Å². The van der Waals surface area contributed by atoms with E-state index in [0.717, 1.165) is 12.5 Å². The highest BCUT2D eigenvalue weighted by atomic mass is 16.4. The Balaban J connectivity index is 1.98. The van der Waals surface area contributed by atoms with Crippen molar-refractivity contribution in [3.63, 3.8) is 0 Å². The summed E-state index contributed by atoms with van der Waals surface area (Å²) >= 11 is 0. The number of carbonyl (C=O) groups is 1. The molecule has 1 aliphatic rings. The molecular weight excluding hydrogens is 206 g/mol. The molecule has 3 N–H and O–H groups in total. The van der Waals surface area contributed by atoms with Gasteiger partial charge in [0.15, 0.2) is 0 Å². The third-order valence-corrected chi connectivity index (χ3v) is 3.23. The Labute approximate surface area is 97.0 Å². The summed E-state index contributed by atoms with van der Waals surface area (Å²) in [6.07, 6.45) is 6.45. The lowest BCUT2D eigenvalue weighted by Gasteiger charge is -2.22. The van der Waals surface area contributed by atoms with E-state index in [-0.39, 0.29) is 6.42 Å². The Bertz CT molecular complexity index is 202. The normalized spacial score (nSPS) is 19.6. The molecule has 0 saturated heterocycles. The van der Waals surface area contributed by atoms with E-state index in [9.17, 15) is 9.90 Å². The van der Waals surface area contributed by atoms with Crippen molar-refractivity contribution in [2.75, 3.05) is 13.1 Å². The maximum absolute atomic E-state index is 10.3. The molecule has 0 bridgehead atoms. The van der Waals surface area contributed by atoms with Crippen molar-refractivity contribution in [2.45, 2.75) is 51.0 Å². The van der Waals surface area contributed by atoms with Crippen LogP contribution in [0.4, 0.5) is 0 Å². The van der Waals surface area contributed by atoms with Crippen LogP contribution in [0.3, 0.4) is 0 Å². The molecule has 94 valence electrons. The molecule has 1 saturated carbocycles. The third kappa shape index (κ3) is 6.08. The molecule has 0 radical (unpaired) electrons. The van der Waals surface area contributed by atoms with Crippen LogP contribution in [0.2, 0.25) is 0 Å². The second kappa shape index (κ2) is 7.63. The van der Waals surface area contributed by atoms with E-state index in [2.05, 4.69) is 5.32 Å². The first kappa shape index (κ1) is 13.5. The molecule has 1 atom stereocenters. The second-order valence-electron chi connectivity index (χ2n) is 4.75. The van der Waals surface area contributed by atoms with Crippen molar-refractivity contribution in [3.8, 4) is 0 Å². The van der Waals surface area contributed by atoms with Gasteiger partial charge < -0.3 is 15.5 Å². The minimum absolute atomic E-state index is 0.0479. The van der Waals surface area contributed by atoms with Crippen LogP contribution in [0.15, 0.2) is 0 Å². The first-order valence-corrected chi connectivity index (χ1v) is 6.29. The standard InChI is InChI=1S/C12H23NO3/c14-11(6-7-12(15)16)9-13-8-10-4-2-1-3-5-10/h10-11,13-14H,1-9H2,(H,15,16). The van der Waals surface area contributed by atoms with Crippen LogP contribution < -0.4 is 5.32 Å². The van der Waals surface area contributed by atoms with E-state index in [0.29, 0.717) is 13.0 Å². The molecule has 1 rings (SSSR count). The number of aliphatic hydroxyl groups is 1. The summed E-state index contributed by atoms with van der Waals surface area (Å²) in [5.41, 5.74) is 0. The molecule has 0 amide bonds. The van der Waals surface area contributed by atoms with E-state index in [4.69, 9.17) is 5.11 Å². The zero-order valence-corrected chi connectivity index (χ0v) is 9.82. The fourth-order valence-electron chi connectivity index (χ4n) is 2.24. The summed E-state index contributed by atoms with van der Waals surface area (Å²) in [5.74, 6) is -0.0910. The summed E-state index contributed by atoms with van der Waals surface area (Å²) in [6, 6.07) is 0. The predicted molar refractivity (Wildman–Crippen MR) is 62.3 cm³/mol. The van der Waals surface area contributed by atoms with Crippen LogP contribution in [0.5, 0.6) is 0 Å². The van der Waals surface area contributed by atoms with Crippen LogP contribution in [0, 0.1) is 5.92 Å². The van der Waals surface area contributed by atoms with E-state index < -0.39 is 12.1 Å². The van der Waals surface area contributed by atoms with E-state index in [1.54, 1.807) is 0 Å². The lowest BCUT2D eigenvalue weighted by atomic mass is 9.89. The number of aliphatic hydroxyl groups excluding tert-OH is 1. The Morgan fingerprint density at radius 1 is 1.31 bits per heavy atom. The Morgan fingerprint density at radius 3 is 2.62 bits per heavy atom.